The van der Waals surface area contributed by atoms with Crippen molar-refractivity contribution in [1.82, 2.24) is 4.98 Å². The predicted octanol–water partition coefficient (Wildman–Crippen LogP) is 1.48. The van der Waals surface area contributed by atoms with E-state index >= 15 is 0 Å². The maximum absolute atomic E-state index is 9.47. The van der Waals surface area contributed by atoms with Crippen LogP contribution in [-0.4, -0.2) is 15.2 Å². The molecule has 0 saturated carbocycles. The molecule has 0 amide bonds. The van der Waals surface area contributed by atoms with Gasteiger partial charge in [-0.3, -0.25) is 4.98 Å². The van der Waals surface area contributed by atoms with Crippen LogP contribution in [0.2, 0.25) is 0 Å². The second-order valence-electron chi connectivity index (χ2n) is 2.49. The van der Waals surface area contributed by atoms with E-state index in [0.29, 0.717) is 16.6 Å². The number of nitrogens with zero attached hydrogens (tertiary/aromatic N) is 1. The number of aliphatic hydroxyl groups excluding tert-OH is 1. The Hall–Kier alpha value is -0.610. The topological polar surface area (TPSA) is 53.4 Å². The van der Waals surface area contributed by atoms with E-state index in [2.05, 4.69) is 20.9 Å². The number of alkyl halides is 1. The van der Waals surface area contributed by atoms with Crippen molar-refractivity contribution in [3.05, 3.63) is 23.0 Å². The molecular formula is C8H10BrNO2. The lowest BCUT2D eigenvalue weighted by Gasteiger charge is -2.07. The van der Waals surface area contributed by atoms with Gasteiger partial charge in [-0.15, -0.1) is 0 Å². The van der Waals surface area contributed by atoms with Gasteiger partial charge in [0.25, 0.3) is 0 Å². The fraction of sp³-hybridized carbons (Fsp3) is 0.375. The first-order valence-corrected chi connectivity index (χ1v) is 4.66. The first kappa shape index (κ1) is 9.48. The third-order valence-corrected chi connectivity index (χ3v) is 2.34. The van der Waals surface area contributed by atoms with E-state index in [9.17, 15) is 5.11 Å². The highest BCUT2D eigenvalue weighted by atomic mass is 79.9. The van der Waals surface area contributed by atoms with Gasteiger partial charge in [0.1, 0.15) is 5.75 Å². The van der Waals surface area contributed by atoms with Gasteiger partial charge in [0.15, 0.2) is 0 Å². The molecule has 0 bridgehead atoms. The number of hydrogen-bond donors (Lipinski definition) is 2. The minimum Gasteiger partial charge on any atom is -0.506 e. The molecule has 0 radical (unpaired) electrons. The third kappa shape index (κ3) is 1.59. The van der Waals surface area contributed by atoms with Crippen LogP contribution in [-0.2, 0) is 11.9 Å². The van der Waals surface area contributed by atoms with E-state index in [4.69, 9.17) is 5.11 Å². The smallest absolute Gasteiger partial charge is 0.142 e. The Balaban J connectivity index is 3.25. The SMILES string of the molecule is Cc1ncc(CBr)c(CO)c1O. The number of hydrogen-bond acceptors (Lipinski definition) is 3. The number of aliphatic hydroxyl groups is 1. The van der Waals surface area contributed by atoms with Gasteiger partial charge >= 0.3 is 0 Å². The summed E-state index contributed by atoms with van der Waals surface area (Å²) in [7, 11) is 0. The van der Waals surface area contributed by atoms with Crippen molar-refractivity contribution < 1.29 is 10.2 Å². The van der Waals surface area contributed by atoms with Gasteiger partial charge in [-0.25, -0.2) is 0 Å². The van der Waals surface area contributed by atoms with Gasteiger partial charge in [0.05, 0.1) is 12.3 Å². The Morgan fingerprint density at radius 1 is 1.58 bits per heavy atom. The molecule has 2 N–H and O–H groups in total. The molecule has 1 aromatic heterocycles. The van der Waals surface area contributed by atoms with Crippen molar-refractivity contribution in [2.24, 2.45) is 0 Å². The van der Waals surface area contributed by atoms with Crippen LogP contribution in [0, 0.1) is 6.92 Å². The molecule has 1 heterocycles. The molecule has 12 heavy (non-hydrogen) atoms. The van der Waals surface area contributed by atoms with E-state index in [1.165, 1.54) is 0 Å². The third-order valence-electron chi connectivity index (χ3n) is 1.73. The van der Waals surface area contributed by atoms with Crippen molar-refractivity contribution in [3.63, 3.8) is 0 Å². The maximum Gasteiger partial charge on any atom is 0.142 e. The molecule has 1 rings (SSSR count). The number of halogens is 1. The van der Waals surface area contributed by atoms with Gasteiger partial charge in [0.2, 0.25) is 0 Å². The summed E-state index contributed by atoms with van der Waals surface area (Å²) in [4.78, 5) is 3.97. The molecule has 66 valence electrons. The summed E-state index contributed by atoms with van der Waals surface area (Å²) in [6.07, 6.45) is 1.65. The highest BCUT2D eigenvalue weighted by Gasteiger charge is 2.08. The number of aryl methyl sites for hydroxylation is 1. The summed E-state index contributed by atoms with van der Waals surface area (Å²) < 4.78 is 0. The second kappa shape index (κ2) is 3.87. The highest BCUT2D eigenvalue weighted by Crippen LogP contribution is 2.24. The molecule has 3 nitrogen and oxygen atoms in total. The second-order valence-corrected chi connectivity index (χ2v) is 3.05. The Morgan fingerprint density at radius 3 is 2.75 bits per heavy atom. The molecule has 0 unspecified atom stereocenters. The van der Waals surface area contributed by atoms with E-state index in [0.717, 1.165) is 5.56 Å². The molecule has 0 aliphatic heterocycles. The van der Waals surface area contributed by atoms with Crippen molar-refractivity contribution in [2.75, 3.05) is 0 Å². The summed E-state index contributed by atoms with van der Waals surface area (Å²) in [5, 5.41) is 19.0. The number of aromatic nitrogens is 1. The zero-order valence-electron chi connectivity index (χ0n) is 6.71. The molecule has 0 aromatic carbocycles. The molecule has 0 aliphatic carbocycles. The van der Waals surface area contributed by atoms with Gasteiger partial charge < -0.3 is 10.2 Å². The molecule has 0 fully saturated rings. The largest absolute Gasteiger partial charge is 0.506 e. The van der Waals surface area contributed by atoms with Crippen molar-refractivity contribution in [3.8, 4) is 5.75 Å². The monoisotopic (exact) mass is 231 g/mol. The molecule has 0 spiro atoms. The van der Waals surface area contributed by atoms with Gasteiger partial charge in [0, 0.05) is 17.1 Å². The zero-order chi connectivity index (χ0) is 9.14. The zero-order valence-corrected chi connectivity index (χ0v) is 8.30. The van der Waals surface area contributed by atoms with Crippen molar-refractivity contribution >= 4 is 15.9 Å². The van der Waals surface area contributed by atoms with Crippen molar-refractivity contribution in [1.29, 1.82) is 0 Å². The van der Waals surface area contributed by atoms with E-state index in [-0.39, 0.29) is 12.4 Å². The van der Waals surface area contributed by atoms with Gasteiger partial charge in [-0.05, 0) is 12.5 Å². The lowest BCUT2D eigenvalue weighted by Crippen LogP contribution is -1.96. The van der Waals surface area contributed by atoms with Crippen LogP contribution < -0.4 is 0 Å². The molecule has 0 saturated heterocycles. The number of pyridine rings is 1. The fourth-order valence-electron chi connectivity index (χ4n) is 0.976. The Kier molecular flexibility index (Phi) is 3.05. The van der Waals surface area contributed by atoms with Crippen LogP contribution in [0.25, 0.3) is 0 Å². The Bertz CT molecular complexity index is 289. The summed E-state index contributed by atoms with van der Waals surface area (Å²) >= 11 is 3.25. The number of rotatable bonds is 2. The number of aromatic hydroxyl groups is 1. The minimum absolute atomic E-state index is 0.0921. The minimum atomic E-state index is -0.157. The first-order chi connectivity index (χ1) is 5.70. The summed E-state index contributed by atoms with van der Waals surface area (Å²) in [6.45, 7) is 1.54. The quantitative estimate of drug-likeness (QED) is 0.759. The Morgan fingerprint density at radius 2 is 2.25 bits per heavy atom. The lowest BCUT2D eigenvalue weighted by molar-refractivity contribution is 0.274. The van der Waals surface area contributed by atoms with Crippen LogP contribution in [0.15, 0.2) is 6.20 Å². The maximum atomic E-state index is 9.47. The van der Waals surface area contributed by atoms with Crippen LogP contribution in [0.3, 0.4) is 0 Å². The molecule has 0 aliphatic rings. The average molecular weight is 232 g/mol. The summed E-state index contributed by atoms with van der Waals surface area (Å²) in [6, 6.07) is 0. The fourth-order valence-corrected chi connectivity index (χ4v) is 1.46. The lowest BCUT2D eigenvalue weighted by atomic mass is 10.1. The van der Waals surface area contributed by atoms with Gasteiger partial charge in [-0.2, -0.15) is 0 Å². The summed E-state index contributed by atoms with van der Waals surface area (Å²) in [5.74, 6) is 0.0921. The van der Waals surface area contributed by atoms with Gasteiger partial charge in [-0.1, -0.05) is 15.9 Å². The average Bonchev–Trinajstić information content (AvgIpc) is 2.09. The highest BCUT2D eigenvalue weighted by molar-refractivity contribution is 9.08. The molecule has 4 heteroatoms. The standard InChI is InChI=1S/C8H10BrNO2/c1-5-8(12)7(4-11)6(2-9)3-10-5/h3,11-12H,2,4H2,1H3. The van der Waals surface area contributed by atoms with Crippen molar-refractivity contribution in [2.45, 2.75) is 18.9 Å². The molecule has 0 atom stereocenters. The van der Waals surface area contributed by atoms with Crippen LogP contribution in [0.1, 0.15) is 16.8 Å². The summed E-state index contributed by atoms with van der Waals surface area (Å²) in [5.41, 5.74) is 1.92. The van der Waals surface area contributed by atoms with Crippen LogP contribution >= 0.6 is 15.9 Å². The van der Waals surface area contributed by atoms with E-state index in [1.54, 1.807) is 13.1 Å². The molecular weight excluding hydrogens is 222 g/mol. The normalized spacial score (nSPS) is 10.2. The van der Waals surface area contributed by atoms with E-state index < -0.39 is 0 Å². The Labute approximate surface area is 79.2 Å². The predicted molar refractivity (Wildman–Crippen MR) is 49.2 cm³/mol. The van der Waals surface area contributed by atoms with E-state index in [1.807, 2.05) is 0 Å². The first-order valence-electron chi connectivity index (χ1n) is 3.53. The molecule has 1 aromatic rings. The van der Waals surface area contributed by atoms with Crippen LogP contribution in [0.4, 0.5) is 0 Å². The van der Waals surface area contributed by atoms with Crippen LogP contribution in [0.5, 0.6) is 5.75 Å².